The lowest BCUT2D eigenvalue weighted by atomic mass is 10.0. The molecule has 12 nitrogen and oxygen atoms in total. The topological polar surface area (TPSA) is 147 Å². The van der Waals surface area contributed by atoms with Crippen LogP contribution in [0, 0.1) is 0 Å². The van der Waals surface area contributed by atoms with Gasteiger partial charge in [0.25, 0.3) is 20.2 Å². The molecule has 4 aromatic rings. The number of rotatable bonds is 16. The monoisotopic (exact) mass is 776 g/mol. The van der Waals surface area contributed by atoms with E-state index in [4.69, 9.17) is 22.6 Å². The standard InChI is InChI=1S/C40H44N2O10S2/c1-5-48-53(44,45)25-23-30-7-15-36(16-8-30)51-38-27-42(28-39(38)52-37-17-9-31(10-18-37)24-26-54(46,47)49-6-2)40(43)41-33-13-21-35(22-14-33)50-34-19-11-32(12-20-34)29(3)4/h7-26,29,38-39H,5-6,27-28H2,1-4H3,(H,41,43)/b25-23+,26-24+/t38-,39-/m1/s1. The summed E-state index contributed by atoms with van der Waals surface area (Å²) >= 11 is 0. The summed E-state index contributed by atoms with van der Waals surface area (Å²) in [5.74, 6) is 2.75. The number of hydrogen-bond donors (Lipinski definition) is 1. The van der Waals surface area contributed by atoms with E-state index in [-0.39, 0.29) is 32.3 Å². The van der Waals surface area contributed by atoms with E-state index in [1.807, 2.05) is 24.3 Å². The fourth-order valence-corrected chi connectivity index (χ4v) is 6.86. The molecule has 0 radical (unpaired) electrons. The Morgan fingerprint density at radius 1 is 0.667 bits per heavy atom. The smallest absolute Gasteiger partial charge is 0.322 e. The van der Waals surface area contributed by atoms with Gasteiger partial charge in [-0.1, -0.05) is 50.2 Å². The Balaban J connectivity index is 1.26. The first kappa shape index (κ1) is 40.0. The molecular weight excluding hydrogens is 733 g/mol. The largest absolute Gasteiger partial charge is 0.485 e. The maximum atomic E-state index is 13.5. The van der Waals surface area contributed by atoms with Crippen LogP contribution in [0.25, 0.3) is 12.2 Å². The average Bonchev–Trinajstić information content (AvgIpc) is 3.54. The van der Waals surface area contributed by atoms with E-state index in [2.05, 4.69) is 19.2 Å². The zero-order valence-electron chi connectivity index (χ0n) is 30.5. The molecule has 54 heavy (non-hydrogen) atoms. The first-order chi connectivity index (χ1) is 25.8. The summed E-state index contributed by atoms with van der Waals surface area (Å²) in [4.78, 5) is 15.1. The molecule has 1 aliphatic heterocycles. The van der Waals surface area contributed by atoms with Crippen LogP contribution >= 0.6 is 0 Å². The predicted octanol–water partition coefficient (Wildman–Crippen LogP) is 8.02. The van der Waals surface area contributed by atoms with E-state index < -0.39 is 32.4 Å². The van der Waals surface area contributed by atoms with E-state index >= 15 is 0 Å². The third-order valence-electron chi connectivity index (χ3n) is 8.14. The number of nitrogens with one attached hydrogen (secondary N) is 1. The molecule has 1 aliphatic rings. The summed E-state index contributed by atoms with van der Waals surface area (Å²) < 4.78 is 75.7. The van der Waals surface area contributed by atoms with Gasteiger partial charge in [-0.05, 0) is 109 Å². The van der Waals surface area contributed by atoms with Gasteiger partial charge in [-0.2, -0.15) is 16.8 Å². The van der Waals surface area contributed by atoms with Crippen LogP contribution in [0.15, 0.2) is 108 Å². The highest BCUT2D eigenvalue weighted by Crippen LogP contribution is 2.28. The lowest BCUT2D eigenvalue weighted by Crippen LogP contribution is -2.34. The molecule has 0 aliphatic carbocycles. The summed E-state index contributed by atoms with van der Waals surface area (Å²) in [6, 6.07) is 28.3. The molecule has 1 saturated heterocycles. The number of anilines is 1. The minimum absolute atomic E-state index is 0.0362. The van der Waals surface area contributed by atoms with Gasteiger partial charge in [0.2, 0.25) is 0 Å². The van der Waals surface area contributed by atoms with E-state index in [9.17, 15) is 21.6 Å². The van der Waals surface area contributed by atoms with Crippen molar-refractivity contribution in [1.29, 1.82) is 0 Å². The molecule has 2 atom stereocenters. The van der Waals surface area contributed by atoms with Gasteiger partial charge in [-0.25, -0.2) is 4.79 Å². The van der Waals surface area contributed by atoms with Crippen molar-refractivity contribution in [2.24, 2.45) is 0 Å². The Bertz CT molecular complexity index is 2020. The minimum Gasteiger partial charge on any atom is -0.485 e. The number of amides is 2. The van der Waals surface area contributed by atoms with Crippen LogP contribution < -0.4 is 19.5 Å². The zero-order chi connectivity index (χ0) is 38.7. The van der Waals surface area contributed by atoms with Gasteiger partial charge in [0.1, 0.15) is 23.0 Å². The van der Waals surface area contributed by atoms with Crippen molar-refractivity contribution in [2.45, 2.75) is 45.8 Å². The molecule has 0 spiro atoms. The third-order valence-corrected chi connectivity index (χ3v) is 10.2. The van der Waals surface area contributed by atoms with Crippen LogP contribution in [0.1, 0.15) is 50.3 Å². The second kappa shape index (κ2) is 18.3. The summed E-state index contributed by atoms with van der Waals surface area (Å²) in [6.45, 7) is 7.93. The van der Waals surface area contributed by atoms with Crippen molar-refractivity contribution in [3.63, 3.8) is 0 Å². The van der Waals surface area contributed by atoms with Crippen LogP contribution in [0.5, 0.6) is 23.0 Å². The molecule has 0 bridgehead atoms. The zero-order valence-corrected chi connectivity index (χ0v) is 32.1. The van der Waals surface area contributed by atoms with Crippen molar-refractivity contribution < 1.29 is 44.2 Å². The lowest BCUT2D eigenvalue weighted by Gasteiger charge is -2.21. The number of carbonyl (C=O) groups excluding carboxylic acids is 1. The third kappa shape index (κ3) is 11.9. The highest BCUT2D eigenvalue weighted by atomic mass is 32.2. The molecule has 2 amide bonds. The Labute approximate surface area is 317 Å². The van der Waals surface area contributed by atoms with E-state index in [1.165, 1.54) is 17.7 Å². The van der Waals surface area contributed by atoms with Gasteiger partial charge in [0.15, 0.2) is 12.2 Å². The highest BCUT2D eigenvalue weighted by Gasteiger charge is 2.39. The highest BCUT2D eigenvalue weighted by molar-refractivity contribution is 7.90. The molecule has 1 N–H and O–H groups in total. The maximum Gasteiger partial charge on any atom is 0.322 e. The van der Waals surface area contributed by atoms with Crippen molar-refractivity contribution in [2.75, 3.05) is 31.6 Å². The molecule has 1 fully saturated rings. The van der Waals surface area contributed by atoms with Gasteiger partial charge < -0.3 is 24.4 Å². The number of benzene rings is 4. The van der Waals surface area contributed by atoms with Crippen LogP contribution in [0.2, 0.25) is 0 Å². The molecule has 1 heterocycles. The van der Waals surface area contributed by atoms with Crippen molar-refractivity contribution in [3.8, 4) is 23.0 Å². The number of hydrogen-bond acceptors (Lipinski definition) is 10. The van der Waals surface area contributed by atoms with Crippen molar-refractivity contribution in [3.05, 3.63) is 125 Å². The summed E-state index contributed by atoms with van der Waals surface area (Å²) in [7, 11) is -7.56. The Kier molecular flexibility index (Phi) is 13.5. The molecule has 286 valence electrons. The minimum atomic E-state index is -3.78. The van der Waals surface area contributed by atoms with Crippen molar-refractivity contribution >= 4 is 44.1 Å². The van der Waals surface area contributed by atoms with Gasteiger partial charge >= 0.3 is 6.03 Å². The molecule has 4 aromatic carbocycles. The second-order valence-corrected chi connectivity index (χ2v) is 15.5. The Morgan fingerprint density at radius 2 is 1.07 bits per heavy atom. The Morgan fingerprint density at radius 3 is 1.48 bits per heavy atom. The molecule has 5 rings (SSSR count). The van der Waals surface area contributed by atoms with Crippen LogP contribution in [0.4, 0.5) is 10.5 Å². The molecule has 0 unspecified atom stereocenters. The van der Waals surface area contributed by atoms with Gasteiger partial charge in [-0.3, -0.25) is 8.37 Å². The number of urea groups is 1. The summed E-state index contributed by atoms with van der Waals surface area (Å²) in [6.07, 6.45) is 1.69. The predicted molar refractivity (Wildman–Crippen MR) is 209 cm³/mol. The SMILES string of the molecule is CCOS(=O)(=O)/C=C/c1ccc(O[C@@H]2CN(C(=O)Nc3ccc(Oc4ccc(C(C)C)cc4)cc3)C[C@H]2Oc2ccc(/C=C/S(=O)(=O)OCC)cc2)cc1. The van der Waals surface area contributed by atoms with Gasteiger partial charge in [0, 0.05) is 5.69 Å². The quantitative estimate of drug-likeness (QED) is 0.111. The second-order valence-electron chi connectivity index (χ2n) is 12.5. The van der Waals surface area contributed by atoms with E-state index in [1.54, 1.807) is 91.5 Å². The van der Waals surface area contributed by atoms with Crippen LogP contribution in [0.3, 0.4) is 0 Å². The van der Waals surface area contributed by atoms with Gasteiger partial charge in [0.05, 0.1) is 37.1 Å². The van der Waals surface area contributed by atoms with E-state index in [0.717, 1.165) is 10.8 Å². The first-order valence-electron chi connectivity index (χ1n) is 17.4. The number of nitrogens with zero attached hydrogens (tertiary/aromatic N) is 1. The number of carbonyl (C=O) groups is 1. The van der Waals surface area contributed by atoms with E-state index in [0.29, 0.717) is 45.7 Å². The first-order valence-corrected chi connectivity index (χ1v) is 20.4. The fraction of sp³-hybridized carbons (Fsp3) is 0.275. The van der Waals surface area contributed by atoms with Gasteiger partial charge in [-0.15, -0.1) is 0 Å². The Hall–Kier alpha value is -5.15. The fourth-order valence-electron chi connectivity index (χ4n) is 5.40. The molecular formula is C40H44N2O10S2. The average molecular weight is 777 g/mol. The van der Waals surface area contributed by atoms with Crippen LogP contribution in [-0.4, -0.2) is 66.3 Å². The number of ether oxygens (including phenoxy) is 3. The summed E-state index contributed by atoms with van der Waals surface area (Å²) in [5, 5.41) is 4.92. The summed E-state index contributed by atoms with van der Waals surface area (Å²) in [5.41, 5.74) is 3.04. The normalized spacial score (nSPS) is 16.3. The lowest BCUT2D eigenvalue weighted by molar-refractivity contribution is 0.0913. The van der Waals surface area contributed by atoms with Crippen LogP contribution in [-0.2, 0) is 28.6 Å². The molecule has 0 saturated carbocycles. The molecule has 14 heteroatoms. The van der Waals surface area contributed by atoms with Crippen molar-refractivity contribution in [1.82, 2.24) is 4.90 Å². The number of likely N-dealkylation sites (tertiary alicyclic amines) is 1. The maximum absolute atomic E-state index is 13.5. The molecule has 0 aromatic heterocycles.